The summed E-state index contributed by atoms with van der Waals surface area (Å²) in [5.41, 5.74) is 0.876. The summed E-state index contributed by atoms with van der Waals surface area (Å²) in [5.74, 6) is -0.275. The van der Waals surface area contributed by atoms with E-state index in [4.69, 9.17) is 23.8 Å². The van der Waals surface area contributed by atoms with Crippen LogP contribution in [0.5, 0.6) is 0 Å². The van der Waals surface area contributed by atoms with Crippen molar-refractivity contribution < 1.29 is 14.3 Å². The monoisotopic (exact) mass is 383 g/mol. The first-order chi connectivity index (χ1) is 11.5. The largest absolute Gasteiger partial charge is 0.469 e. The highest BCUT2D eigenvalue weighted by Gasteiger charge is 2.31. The minimum Gasteiger partial charge on any atom is -0.469 e. The number of amides is 1. The van der Waals surface area contributed by atoms with Gasteiger partial charge in [0.2, 0.25) is 0 Å². The Balaban J connectivity index is 1.88. The van der Waals surface area contributed by atoms with E-state index in [1.165, 1.54) is 18.9 Å². The maximum atomic E-state index is 12.5. The Bertz CT molecular complexity index is 676. The highest BCUT2D eigenvalue weighted by atomic mass is 35.5. The van der Waals surface area contributed by atoms with Crippen LogP contribution in [0.25, 0.3) is 6.08 Å². The van der Waals surface area contributed by atoms with Crippen molar-refractivity contribution in [3.05, 3.63) is 39.8 Å². The maximum Gasteiger partial charge on any atom is 0.305 e. The second-order valence-corrected chi connectivity index (χ2v) is 7.39. The van der Waals surface area contributed by atoms with Crippen molar-refractivity contribution in [1.29, 1.82) is 0 Å². The number of carbonyl (C=O) groups is 2. The van der Waals surface area contributed by atoms with Crippen LogP contribution in [0, 0.1) is 0 Å². The number of nitrogens with zero attached hydrogens (tertiary/aromatic N) is 1. The lowest BCUT2D eigenvalue weighted by Crippen LogP contribution is -2.29. The molecule has 0 bridgehead atoms. The summed E-state index contributed by atoms with van der Waals surface area (Å²) in [6.07, 6.45) is 4.61. The molecule has 0 aromatic heterocycles. The van der Waals surface area contributed by atoms with Crippen molar-refractivity contribution in [2.45, 2.75) is 25.7 Å². The molecule has 0 spiro atoms. The summed E-state index contributed by atoms with van der Waals surface area (Å²) in [6, 6.07) is 7.33. The number of hydrogen-bond donors (Lipinski definition) is 0. The standard InChI is InChI=1S/C17H18ClNO3S2/c1-22-15(20)8-3-2-4-9-19-16(21)14(24-17(19)23)11-12-6-5-7-13(18)10-12/h5-7,10-11H,2-4,8-9H2,1H3/b14-11-. The molecule has 1 aromatic rings. The first-order valence-electron chi connectivity index (χ1n) is 7.59. The van der Waals surface area contributed by atoms with Crippen LogP contribution in [0.2, 0.25) is 5.02 Å². The van der Waals surface area contributed by atoms with Crippen LogP contribution < -0.4 is 0 Å². The molecule has 1 saturated heterocycles. The molecule has 4 nitrogen and oxygen atoms in total. The zero-order valence-corrected chi connectivity index (χ0v) is 15.7. The number of thiocarbonyl (C=S) groups is 1. The van der Waals surface area contributed by atoms with E-state index in [0.717, 1.165) is 24.8 Å². The minimum atomic E-state index is -0.204. The number of esters is 1. The second-order valence-electron chi connectivity index (χ2n) is 5.28. The van der Waals surface area contributed by atoms with Gasteiger partial charge < -0.3 is 4.74 Å². The summed E-state index contributed by atoms with van der Waals surface area (Å²) >= 11 is 12.6. The Labute approximate surface area is 156 Å². The van der Waals surface area contributed by atoms with E-state index in [2.05, 4.69) is 4.74 Å². The van der Waals surface area contributed by atoms with Gasteiger partial charge in [0, 0.05) is 18.0 Å². The number of carbonyl (C=O) groups excluding carboxylic acids is 2. The van der Waals surface area contributed by atoms with Crippen LogP contribution >= 0.6 is 35.6 Å². The van der Waals surface area contributed by atoms with Gasteiger partial charge in [-0.2, -0.15) is 0 Å². The fourth-order valence-electron chi connectivity index (χ4n) is 2.26. The number of benzene rings is 1. The average Bonchev–Trinajstić information content (AvgIpc) is 2.81. The quantitative estimate of drug-likeness (QED) is 0.304. The summed E-state index contributed by atoms with van der Waals surface area (Å²) < 4.78 is 5.17. The number of ether oxygens (including phenoxy) is 1. The van der Waals surface area contributed by atoms with Gasteiger partial charge in [-0.25, -0.2) is 0 Å². The van der Waals surface area contributed by atoms with Crippen LogP contribution in [0.3, 0.4) is 0 Å². The number of rotatable bonds is 7. The Morgan fingerprint density at radius 2 is 2.17 bits per heavy atom. The normalized spacial score (nSPS) is 16.1. The number of halogens is 1. The van der Waals surface area contributed by atoms with Crippen molar-refractivity contribution in [2.75, 3.05) is 13.7 Å². The molecule has 128 valence electrons. The lowest BCUT2D eigenvalue weighted by atomic mass is 10.2. The predicted octanol–water partition coefficient (Wildman–Crippen LogP) is 4.27. The highest BCUT2D eigenvalue weighted by Crippen LogP contribution is 2.33. The van der Waals surface area contributed by atoms with Crippen molar-refractivity contribution in [3.8, 4) is 0 Å². The third-order valence-corrected chi connectivity index (χ3v) is 5.12. The highest BCUT2D eigenvalue weighted by molar-refractivity contribution is 8.26. The molecule has 0 N–H and O–H groups in total. The van der Waals surface area contributed by atoms with Crippen molar-refractivity contribution >= 4 is 57.9 Å². The van der Waals surface area contributed by atoms with Crippen LogP contribution in [0.15, 0.2) is 29.2 Å². The SMILES string of the molecule is COC(=O)CCCCCN1C(=O)/C(=C/c2cccc(Cl)c2)SC1=S. The summed E-state index contributed by atoms with van der Waals surface area (Å²) in [4.78, 5) is 25.7. The molecular weight excluding hydrogens is 366 g/mol. The van der Waals surface area contributed by atoms with E-state index in [0.29, 0.717) is 27.2 Å². The molecule has 0 saturated carbocycles. The molecule has 2 rings (SSSR count). The third-order valence-electron chi connectivity index (χ3n) is 3.51. The van der Waals surface area contributed by atoms with Gasteiger partial charge in [-0.3, -0.25) is 14.5 Å². The van der Waals surface area contributed by atoms with Gasteiger partial charge in [-0.05, 0) is 36.6 Å². The molecule has 0 unspecified atom stereocenters. The van der Waals surface area contributed by atoms with Gasteiger partial charge in [0.1, 0.15) is 4.32 Å². The molecule has 1 heterocycles. The third kappa shape index (κ3) is 5.33. The Morgan fingerprint density at radius 1 is 1.38 bits per heavy atom. The number of methoxy groups -OCH3 is 1. The van der Waals surface area contributed by atoms with Gasteiger partial charge >= 0.3 is 5.97 Å². The zero-order valence-electron chi connectivity index (χ0n) is 13.3. The summed E-state index contributed by atoms with van der Waals surface area (Å²) in [6.45, 7) is 0.568. The van der Waals surface area contributed by atoms with E-state index in [1.807, 2.05) is 18.2 Å². The van der Waals surface area contributed by atoms with Gasteiger partial charge in [0.15, 0.2) is 0 Å². The molecule has 1 fully saturated rings. The van der Waals surface area contributed by atoms with E-state index >= 15 is 0 Å². The topological polar surface area (TPSA) is 46.6 Å². The first-order valence-corrected chi connectivity index (χ1v) is 9.19. The zero-order chi connectivity index (χ0) is 17.5. The maximum absolute atomic E-state index is 12.5. The average molecular weight is 384 g/mol. The van der Waals surface area contributed by atoms with E-state index in [1.54, 1.807) is 17.0 Å². The molecule has 24 heavy (non-hydrogen) atoms. The molecule has 1 amide bonds. The molecular formula is C17H18ClNO3S2. The Kier molecular flexibility index (Phi) is 7.27. The fraction of sp³-hybridized carbons (Fsp3) is 0.353. The minimum absolute atomic E-state index is 0.0713. The Morgan fingerprint density at radius 3 is 2.88 bits per heavy atom. The van der Waals surface area contributed by atoms with E-state index in [-0.39, 0.29) is 11.9 Å². The first kappa shape index (κ1) is 19.0. The molecule has 1 aliphatic heterocycles. The smallest absolute Gasteiger partial charge is 0.305 e. The molecule has 0 radical (unpaired) electrons. The van der Waals surface area contributed by atoms with E-state index < -0.39 is 0 Å². The van der Waals surface area contributed by atoms with Crippen LogP contribution in [0.4, 0.5) is 0 Å². The fourth-order valence-corrected chi connectivity index (χ4v) is 3.77. The number of unbranched alkanes of at least 4 members (excludes halogenated alkanes) is 2. The van der Waals surface area contributed by atoms with Crippen LogP contribution in [-0.2, 0) is 14.3 Å². The number of hydrogen-bond acceptors (Lipinski definition) is 5. The predicted molar refractivity (Wildman–Crippen MR) is 102 cm³/mol. The van der Waals surface area contributed by atoms with Crippen LogP contribution in [0.1, 0.15) is 31.2 Å². The second kappa shape index (κ2) is 9.20. The van der Waals surface area contributed by atoms with Crippen molar-refractivity contribution in [3.63, 3.8) is 0 Å². The molecule has 7 heteroatoms. The van der Waals surface area contributed by atoms with Crippen molar-refractivity contribution in [1.82, 2.24) is 4.90 Å². The summed E-state index contributed by atoms with van der Waals surface area (Å²) in [5, 5.41) is 0.629. The number of thioether (sulfide) groups is 1. The van der Waals surface area contributed by atoms with E-state index in [9.17, 15) is 9.59 Å². The van der Waals surface area contributed by atoms with Gasteiger partial charge in [-0.1, -0.05) is 54.1 Å². The molecule has 1 aromatic carbocycles. The molecule has 0 aliphatic carbocycles. The van der Waals surface area contributed by atoms with Crippen LogP contribution in [-0.4, -0.2) is 34.8 Å². The van der Waals surface area contributed by atoms with Gasteiger partial charge in [0.05, 0.1) is 12.0 Å². The molecule has 1 aliphatic rings. The summed E-state index contributed by atoms with van der Waals surface area (Å²) in [7, 11) is 1.38. The van der Waals surface area contributed by atoms with Gasteiger partial charge in [0.25, 0.3) is 5.91 Å². The lowest BCUT2D eigenvalue weighted by Gasteiger charge is -2.13. The lowest BCUT2D eigenvalue weighted by molar-refractivity contribution is -0.140. The Hall–Kier alpha value is -1.37. The molecule has 0 atom stereocenters. The van der Waals surface area contributed by atoms with Gasteiger partial charge in [-0.15, -0.1) is 0 Å². The van der Waals surface area contributed by atoms with Crippen molar-refractivity contribution in [2.24, 2.45) is 0 Å².